The first kappa shape index (κ1) is 15.3. The Hall–Kier alpha value is -1.10. The number of likely N-dealkylation sites (N-methyl/N-ethyl adjacent to an activating group) is 1. The van der Waals surface area contributed by atoms with Crippen LogP contribution in [0, 0.1) is 0 Å². The molecule has 1 aliphatic rings. The molecule has 1 N–H and O–H groups in total. The molecule has 2 rings (SSSR count). The van der Waals surface area contributed by atoms with Gasteiger partial charge in [0.05, 0.1) is 13.2 Å². The fourth-order valence-electron chi connectivity index (χ4n) is 2.25. The Balaban J connectivity index is 1.79. The zero-order valence-corrected chi connectivity index (χ0v) is 12.9. The molecule has 1 heterocycles. The van der Waals surface area contributed by atoms with Crippen molar-refractivity contribution < 1.29 is 4.74 Å². The van der Waals surface area contributed by atoms with Crippen molar-refractivity contribution in [2.24, 2.45) is 0 Å². The van der Waals surface area contributed by atoms with E-state index in [0.717, 1.165) is 39.4 Å². The Morgan fingerprint density at radius 2 is 1.85 bits per heavy atom. The molecule has 1 aromatic rings. The standard InChI is InChI=1S/C16H27N3O/c1-14(18(2)3)12-17-13-15-4-6-16(7-5-15)19-8-10-20-11-9-19/h4-7,14,17H,8-13H2,1-3H3. The summed E-state index contributed by atoms with van der Waals surface area (Å²) in [4.78, 5) is 4.61. The van der Waals surface area contributed by atoms with Crippen molar-refractivity contribution in [3.8, 4) is 0 Å². The molecule has 0 saturated carbocycles. The largest absolute Gasteiger partial charge is 0.378 e. The topological polar surface area (TPSA) is 27.7 Å². The fraction of sp³-hybridized carbons (Fsp3) is 0.625. The number of anilines is 1. The van der Waals surface area contributed by atoms with E-state index in [9.17, 15) is 0 Å². The van der Waals surface area contributed by atoms with Gasteiger partial charge in [-0.1, -0.05) is 12.1 Å². The predicted octanol–water partition coefficient (Wildman–Crippen LogP) is 1.56. The van der Waals surface area contributed by atoms with Crippen molar-refractivity contribution >= 4 is 5.69 Å². The Kier molecular flexibility index (Phi) is 5.83. The lowest BCUT2D eigenvalue weighted by Crippen LogP contribution is -2.36. The van der Waals surface area contributed by atoms with Gasteiger partial charge < -0.3 is 19.9 Å². The summed E-state index contributed by atoms with van der Waals surface area (Å²) >= 11 is 0. The highest BCUT2D eigenvalue weighted by molar-refractivity contribution is 5.47. The normalized spacial score (nSPS) is 17.5. The maximum atomic E-state index is 5.38. The van der Waals surface area contributed by atoms with E-state index in [0.29, 0.717) is 6.04 Å². The van der Waals surface area contributed by atoms with Gasteiger partial charge in [0.1, 0.15) is 0 Å². The molecule has 4 nitrogen and oxygen atoms in total. The summed E-state index contributed by atoms with van der Waals surface area (Å²) in [7, 11) is 4.23. The molecule has 20 heavy (non-hydrogen) atoms. The summed E-state index contributed by atoms with van der Waals surface area (Å²) in [6.07, 6.45) is 0. The van der Waals surface area contributed by atoms with Crippen molar-refractivity contribution in [2.45, 2.75) is 19.5 Å². The zero-order valence-electron chi connectivity index (χ0n) is 12.9. The second-order valence-corrected chi connectivity index (χ2v) is 5.71. The summed E-state index contributed by atoms with van der Waals surface area (Å²) < 4.78 is 5.38. The van der Waals surface area contributed by atoms with E-state index in [1.807, 2.05) is 0 Å². The number of morpholine rings is 1. The van der Waals surface area contributed by atoms with E-state index in [4.69, 9.17) is 4.74 Å². The second kappa shape index (κ2) is 7.62. The molecular formula is C16H27N3O. The van der Waals surface area contributed by atoms with Crippen LogP contribution in [0.4, 0.5) is 5.69 Å². The van der Waals surface area contributed by atoms with Crippen LogP contribution < -0.4 is 10.2 Å². The summed E-state index contributed by atoms with van der Waals surface area (Å²) in [5.74, 6) is 0. The van der Waals surface area contributed by atoms with E-state index >= 15 is 0 Å². The lowest BCUT2D eigenvalue weighted by molar-refractivity contribution is 0.122. The maximum absolute atomic E-state index is 5.38. The van der Waals surface area contributed by atoms with Gasteiger partial charge in [-0.3, -0.25) is 0 Å². The molecule has 0 bridgehead atoms. The van der Waals surface area contributed by atoms with Gasteiger partial charge in [0.15, 0.2) is 0 Å². The third-order valence-electron chi connectivity index (χ3n) is 3.96. The molecule has 4 heteroatoms. The molecule has 1 aromatic carbocycles. The lowest BCUT2D eigenvalue weighted by Gasteiger charge is -2.29. The Bertz CT molecular complexity index is 385. The first-order chi connectivity index (χ1) is 9.66. The SMILES string of the molecule is CC(CNCc1ccc(N2CCOCC2)cc1)N(C)C. The predicted molar refractivity (Wildman–Crippen MR) is 84.3 cm³/mol. The lowest BCUT2D eigenvalue weighted by atomic mass is 10.2. The summed E-state index contributed by atoms with van der Waals surface area (Å²) in [6.45, 7) is 7.85. The van der Waals surface area contributed by atoms with Crippen LogP contribution in [0.5, 0.6) is 0 Å². The van der Waals surface area contributed by atoms with E-state index in [2.05, 4.69) is 60.4 Å². The third-order valence-corrected chi connectivity index (χ3v) is 3.96. The molecular weight excluding hydrogens is 250 g/mol. The fourth-order valence-corrected chi connectivity index (χ4v) is 2.25. The van der Waals surface area contributed by atoms with Crippen molar-refractivity contribution in [3.05, 3.63) is 29.8 Å². The second-order valence-electron chi connectivity index (χ2n) is 5.71. The van der Waals surface area contributed by atoms with Crippen molar-refractivity contribution in [3.63, 3.8) is 0 Å². The van der Waals surface area contributed by atoms with Crippen LogP contribution in [-0.2, 0) is 11.3 Å². The minimum absolute atomic E-state index is 0.558. The molecule has 112 valence electrons. The van der Waals surface area contributed by atoms with Crippen molar-refractivity contribution in [1.29, 1.82) is 0 Å². The molecule has 1 atom stereocenters. The average Bonchev–Trinajstić information content (AvgIpc) is 2.48. The summed E-state index contributed by atoms with van der Waals surface area (Å²) in [5, 5.41) is 3.51. The number of nitrogens with zero attached hydrogens (tertiary/aromatic N) is 2. The summed E-state index contributed by atoms with van der Waals surface area (Å²) in [5.41, 5.74) is 2.65. The van der Waals surface area contributed by atoms with Crippen molar-refractivity contribution in [1.82, 2.24) is 10.2 Å². The van der Waals surface area contributed by atoms with Crippen LogP contribution in [0.15, 0.2) is 24.3 Å². The highest BCUT2D eigenvalue weighted by atomic mass is 16.5. The van der Waals surface area contributed by atoms with Crippen LogP contribution in [0.3, 0.4) is 0 Å². The monoisotopic (exact) mass is 277 g/mol. The van der Waals surface area contributed by atoms with Gasteiger partial charge in [-0.05, 0) is 38.7 Å². The highest BCUT2D eigenvalue weighted by Crippen LogP contribution is 2.16. The van der Waals surface area contributed by atoms with Crippen molar-refractivity contribution in [2.75, 3.05) is 51.8 Å². The zero-order chi connectivity index (χ0) is 14.4. The van der Waals surface area contributed by atoms with Crippen LogP contribution in [0.1, 0.15) is 12.5 Å². The van der Waals surface area contributed by atoms with Gasteiger partial charge in [-0.15, -0.1) is 0 Å². The van der Waals surface area contributed by atoms with Gasteiger partial charge >= 0.3 is 0 Å². The number of hydrogen-bond acceptors (Lipinski definition) is 4. The van der Waals surface area contributed by atoms with Gasteiger partial charge in [0.2, 0.25) is 0 Å². The molecule has 0 radical (unpaired) electrons. The number of nitrogens with one attached hydrogen (secondary N) is 1. The Labute approximate surface area is 122 Å². The summed E-state index contributed by atoms with van der Waals surface area (Å²) in [6, 6.07) is 9.44. The van der Waals surface area contributed by atoms with E-state index in [-0.39, 0.29) is 0 Å². The number of hydrogen-bond donors (Lipinski definition) is 1. The molecule has 1 fully saturated rings. The highest BCUT2D eigenvalue weighted by Gasteiger charge is 2.10. The Morgan fingerprint density at radius 1 is 1.20 bits per heavy atom. The number of benzene rings is 1. The third kappa shape index (κ3) is 4.47. The molecule has 0 aromatic heterocycles. The molecule has 0 amide bonds. The molecule has 0 spiro atoms. The van der Waals surface area contributed by atoms with Gasteiger partial charge in [-0.25, -0.2) is 0 Å². The van der Waals surface area contributed by atoms with Gasteiger partial charge in [0.25, 0.3) is 0 Å². The maximum Gasteiger partial charge on any atom is 0.0642 e. The van der Waals surface area contributed by atoms with E-state index < -0.39 is 0 Å². The van der Waals surface area contributed by atoms with Crippen LogP contribution >= 0.6 is 0 Å². The van der Waals surface area contributed by atoms with E-state index in [1.165, 1.54) is 11.3 Å². The van der Waals surface area contributed by atoms with E-state index in [1.54, 1.807) is 0 Å². The first-order valence-corrected chi connectivity index (χ1v) is 7.45. The molecule has 1 unspecified atom stereocenters. The van der Waals surface area contributed by atoms with Gasteiger partial charge in [0, 0.05) is 37.9 Å². The molecule has 0 aliphatic carbocycles. The quantitative estimate of drug-likeness (QED) is 0.854. The van der Waals surface area contributed by atoms with Crippen LogP contribution in [0.2, 0.25) is 0 Å². The van der Waals surface area contributed by atoms with Crippen LogP contribution in [-0.4, -0.2) is 57.9 Å². The molecule has 1 aliphatic heterocycles. The molecule has 1 saturated heterocycles. The minimum atomic E-state index is 0.558. The minimum Gasteiger partial charge on any atom is -0.378 e. The van der Waals surface area contributed by atoms with Crippen LogP contribution in [0.25, 0.3) is 0 Å². The first-order valence-electron chi connectivity index (χ1n) is 7.45. The number of rotatable bonds is 6. The smallest absolute Gasteiger partial charge is 0.0642 e. The average molecular weight is 277 g/mol. The van der Waals surface area contributed by atoms with Gasteiger partial charge in [-0.2, -0.15) is 0 Å². The Morgan fingerprint density at radius 3 is 2.45 bits per heavy atom. The number of ether oxygens (including phenoxy) is 1.